The first-order valence-corrected chi connectivity index (χ1v) is 6.77. The molecule has 0 spiro atoms. The Morgan fingerprint density at radius 1 is 1.14 bits per heavy atom. The van der Waals surface area contributed by atoms with E-state index in [0.29, 0.717) is 6.61 Å². The summed E-state index contributed by atoms with van der Waals surface area (Å²) < 4.78 is 5.29. The van der Waals surface area contributed by atoms with Gasteiger partial charge in [-0.3, -0.25) is 5.32 Å². The van der Waals surface area contributed by atoms with Crippen LogP contribution >= 0.6 is 0 Å². The van der Waals surface area contributed by atoms with Gasteiger partial charge >= 0.3 is 6.09 Å². The minimum absolute atomic E-state index is 0.0795. The van der Waals surface area contributed by atoms with E-state index in [4.69, 9.17) is 4.74 Å². The zero-order valence-corrected chi connectivity index (χ0v) is 11.5. The van der Waals surface area contributed by atoms with Crippen LogP contribution in [0.15, 0.2) is 67.0 Å². The number of ether oxygens (including phenoxy) is 1. The summed E-state index contributed by atoms with van der Waals surface area (Å²) in [6, 6.07) is 16.5. The van der Waals surface area contributed by atoms with Crippen molar-refractivity contribution in [2.24, 2.45) is 0 Å². The lowest BCUT2D eigenvalue weighted by molar-refractivity contribution is 0.147. The van der Waals surface area contributed by atoms with Crippen LogP contribution < -0.4 is 5.32 Å². The highest BCUT2D eigenvalue weighted by atomic mass is 16.5. The van der Waals surface area contributed by atoms with Crippen molar-refractivity contribution in [2.45, 2.75) is 5.92 Å². The average molecular weight is 277 g/mol. The Labute approximate surface area is 123 Å². The van der Waals surface area contributed by atoms with E-state index >= 15 is 0 Å². The van der Waals surface area contributed by atoms with Gasteiger partial charge in [0.25, 0.3) is 0 Å². The fraction of sp³-hybridized carbons (Fsp3) is 0.111. The molecule has 1 aliphatic carbocycles. The Morgan fingerprint density at radius 2 is 1.71 bits per heavy atom. The first kappa shape index (κ1) is 13.2. The molecule has 21 heavy (non-hydrogen) atoms. The molecule has 1 aliphatic rings. The van der Waals surface area contributed by atoms with Crippen LogP contribution in [0.25, 0.3) is 11.1 Å². The lowest BCUT2D eigenvalue weighted by atomic mass is 9.98. The van der Waals surface area contributed by atoms with Crippen LogP contribution in [0.4, 0.5) is 4.79 Å². The highest BCUT2D eigenvalue weighted by molar-refractivity contribution is 5.79. The van der Waals surface area contributed by atoms with E-state index in [9.17, 15) is 4.79 Å². The number of amides is 1. The van der Waals surface area contributed by atoms with Crippen molar-refractivity contribution in [3.8, 4) is 11.1 Å². The van der Waals surface area contributed by atoms with Crippen LogP contribution in [0.5, 0.6) is 0 Å². The van der Waals surface area contributed by atoms with Crippen LogP contribution in [0.3, 0.4) is 0 Å². The third-order valence-electron chi connectivity index (χ3n) is 3.64. The quantitative estimate of drug-likeness (QED) is 0.866. The number of hydrogen-bond donors (Lipinski definition) is 1. The Morgan fingerprint density at radius 3 is 2.29 bits per heavy atom. The van der Waals surface area contributed by atoms with Gasteiger partial charge in [0.2, 0.25) is 0 Å². The molecule has 0 radical (unpaired) electrons. The summed E-state index contributed by atoms with van der Waals surface area (Å²) >= 11 is 0. The molecule has 3 nitrogen and oxygen atoms in total. The predicted molar refractivity (Wildman–Crippen MR) is 81.9 cm³/mol. The van der Waals surface area contributed by atoms with Crippen molar-refractivity contribution in [1.29, 1.82) is 0 Å². The Bertz CT molecular complexity index is 684. The number of benzene rings is 2. The Balaban J connectivity index is 1.85. The second-order valence-corrected chi connectivity index (χ2v) is 4.82. The third-order valence-corrected chi connectivity index (χ3v) is 3.64. The monoisotopic (exact) mass is 277 g/mol. The van der Waals surface area contributed by atoms with Crippen molar-refractivity contribution in [3.63, 3.8) is 0 Å². The molecule has 0 saturated heterocycles. The molecule has 1 N–H and O–H groups in total. The standard InChI is InChI=1S/C18H15NO2/c1-2-11-19-18(20)21-12-17-15-9-5-3-7-13(15)14-8-4-6-10-16(14)17/h3-11,17H,1,12H2,(H,19,20). The average Bonchev–Trinajstić information content (AvgIpc) is 2.85. The van der Waals surface area contributed by atoms with Gasteiger partial charge in [-0.2, -0.15) is 0 Å². The number of rotatable bonds is 3. The molecule has 0 bridgehead atoms. The van der Waals surface area contributed by atoms with Gasteiger partial charge < -0.3 is 4.74 Å². The van der Waals surface area contributed by atoms with E-state index in [2.05, 4.69) is 41.9 Å². The summed E-state index contributed by atoms with van der Waals surface area (Å²) in [6.07, 6.45) is 0.840. The van der Waals surface area contributed by atoms with Crippen LogP contribution in [-0.2, 0) is 4.74 Å². The number of carbonyl (C=O) groups excluding carboxylic acids is 1. The topological polar surface area (TPSA) is 38.3 Å². The zero-order valence-electron chi connectivity index (χ0n) is 11.5. The molecule has 3 rings (SSSR count). The molecule has 3 heteroatoms. The van der Waals surface area contributed by atoms with Gasteiger partial charge in [0.15, 0.2) is 0 Å². The summed E-state index contributed by atoms with van der Waals surface area (Å²) in [7, 11) is 0. The Hall–Kier alpha value is -2.77. The number of carbonyl (C=O) groups is 1. The maximum Gasteiger partial charge on any atom is 0.411 e. The highest BCUT2D eigenvalue weighted by Gasteiger charge is 2.28. The lowest BCUT2D eigenvalue weighted by Gasteiger charge is -2.13. The first-order chi connectivity index (χ1) is 10.3. The fourth-order valence-electron chi connectivity index (χ4n) is 2.75. The predicted octanol–water partition coefficient (Wildman–Crippen LogP) is 3.82. The molecule has 104 valence electrons. The van der Waals surface area contributed by atoms with Gasteiger partial charge in [-0.05, 0) is 22.3 Å². The van der Waals surface area contributed by atoms with Crippen LogP contribution in [0.2, 0.25) is 0 Å². The van der Waals surface area contributed by atoms with Gasteiger partial charge in [-0.15, -0.1) is 5.73 Å². The Kier molecular flexibility index (Phi) is 3.59. The summed E-state index contributed by atoms with van der Waals surface area (Å²) in [4.78, 5) is 11.6. The molecule has 0 unspecified atom stereocenters. The molecule has 0 aliphatic heterocycles. The fourth-order valence-corrected chi connectivity index (χ4v) is 2.75. The van der Waals surface area contributed by atoms with E-state index < -0.39 is 6.09 Å². The molecule has 0 heterocycles. The third kappa shape index (κ3) is 2.47. The van der Waals surface area contributed by atoms with Crippen LogP contribution in [-0.4, -0.2) is 12.7 Å². The maximum absolute atomic E-state index is 11.6. The highest BCUT2D eigenvalue weighted by Crippen LogP contribution is 2.44. The summed E-state index contributed by atoms with van der Waals surface area (Å²) in [6.45, 7) is 3.69. The van der Waals surface area contributed by atoms with E-state index in [-0.39, 0.29) is 5.92 Å². The molecule has 0 atom stereocenters. The van der Waals surface area contributed by atoms with Crippen molar-refractivity contribution in [2.75, 3.05) is 6.61 Å². The second kappa shape index (κ2) is 5.70. The summed E-state index contributed by atoms with van der Waals surface area (Å²) in [5, 5.41) is 2.44. The number of alkyl carbamates (subject to hydrolysis) is 1. The van der Waals surface area contributed by atoms with Crippen molar-refractivity contribution < 1.29 is 9.53 Å². The molecule has 0 fully saturated rings. The van der Waals surface area contributed by atoms with Crippen molar-refractivity contribution in [3.05, 3.63) is 78.2 Å². The van der Waals surface area contributed by atoms with Gasteiger partial charge in [-0.1, -0.05) is 55.1 Å². The molecule has 2 aromatic carbocycles. The lowest BCUT2D eigenvalue weighted by Crippen LogP contribution is -2.21. The van der Waals surface area contributed by atoms with Gasteiger partial charge in [0.05, 0.1) is 0 Å². The van der Waals surface area contributed by atoms with Crippen LogP contribution in [0, 0.1) is 0 Å². The van der Waals surface area contributed by atoms with Crippen molar-refractivity contribution in [1.82, 2.24) is 5.32 Å². The molecule has 2 aromatic rings. The SMILES string of the molecule is C=C=CNC(=O)OCC1c2ccccc2-c2ccccc21. The summed E-state index contributed by atoms with van der Waals surface area (Å²) in [5.41, 5.74) is 7.30. The zero-order chi connectivity index (χ0) is 14.7. The van der Waals surface area contributed by atoms with E-state index in [1.54, 1.807) is 0 Å². The minimum Gasteiger partial charge on any atom is -0.448 e. The van der Waals surface area contributed by atoms with E-state index in [1.807, 2.05) is 24.3 Å². The molecular formula is C18H15NO2. The summed E-state index contributed by atoms with van der Waals surface area (Å²) in [5.74, 6) is 0.0795. The second-order valence-electron chi connectivity index (χ2n) is 4.82. The number of hydrogen-bond acceptors (Lipinski definition) is 2. The van der Waals surface area contributed by atoms with Crippen LogP contribution in [0.1, 0.15) is 17.0 Å². The number of fused-ring (bicyclic) bond motifs is 3. The number of nitrogens with one attached hydrogen (secondary N) is 1. The molecule has 0 aromatic heterocycles. The van der Waals surface area contributed by atoms with Gasteiger partial charge in [-0.25, -0.2) is 4.79 Å². The molecule has 0 saturated carbocycles. The van der Waals surface area contributed by atoms with E-state index in [1.165, 1.54) is 28.5 Å². The molecule has 1 amide bonds. The molecular weight excluding hydrogens is 262 g/mol. The minimum atomic E-state index is -0.493. The van der Waals surface area contributed by atoms with E-state index in [0.717, 1.165) is 0 Å². The smallest absolute Gasteiger partial charge is 0.411 e. The normalized spacial score (nSPS) is 12.0. The van der Waals surface area contributed by atoms with Gasteiger partial charge in [0.1, 0.15) is 6.61 Å². The van der Waals surface area contributed by atoms with Gasteiger partial charge in [0, 0.05) is 12.1 Å². The largest absolute Gasteiger partial charge is 0.448 e. The maximum atomic E-state index is 11.6. The first-order valence-electron chi connectivity index (χ1n) is 6.77. The van der Waals surface area contributed by atoms with Crippen molar-refractivity contribution >= 4 is 6.09 Å².